The Balaban J connectivity index is 1.61. The van der Waals surface area contributed by atoms with Gasteiger partial charge in [0, 0.05) is 11.5 Å². The first kappa shape index (κ1) is 20.6. The molecule has 7 heteroatoms. The molecule has 3 aromatic rings. The first-order valence-corrected chi connectivity index (χ1v) is 12.0. The number of sulfone groups is 1. The Labute approximate surface area is 177 Å². The number of aromatic nitrogens is 2. The van der Waals surface area contributed by atoms with Crippen LogP contribution in [0.2, 0.25) is 0 Å². The Morgan fingerprint density at radius 1 is 1.17 bits per heavy atom. The van der Waals surface area contributed by atoms with Crippen LogP contribution >= 0.6 is 0 Å². The Bertz CT molecular complexity index is 1200. The minimum absolute atomic E-state index is 0.0600. The highest BCUT2D eigenvalue weighted by Gasteiger charge is 2.32. The topological polar surface area (TPSA) is 81.1 Å². The molecule has 6 nitrogen and oxygen atoms in total. The highest BCUT2D eigenvalue weighted by molar-refractivity contribution is 7.91. The Morgan fingerprint density at radius 3 is 2.60 bits per heavy atom. The van der Waals surface area contributed by atoms with Crippen LogP contribution in [-0.4, -0.2) is 35.6 Å². The van der Waals surface area contributed by atoms with Crippen LogP contribution in [0, 0.1) is 0 Å². The van der Waals surface area contributed by atoms with Gasteiger partial charge in [-0.1, -0.05) is 63.2 Å². The van der Waals surface area contributed by atoms with Gasteiger partial charge < -0.3 is 5.32 Å². The van der Waals surface area contributed by atoms with E-state index < -0.39 is 9.84 Å². The van der Waals surface area contributed by atoms with Crippen molar-refractivity contribution in [2.45, 2.75) is 45.1 Å². The molecular formula is C23H27N3O3S. The SMILES string of the molecule is CC(C)(C)c1cc(NC(=O)Cc2cccc3ccccc23)n([C@H]2CCS(=O)(=O)C2)n1. The van der Waals surface area contributed by atoms with Crippen molar-refractivity contribution in [2.75, 3.05) is 16.8 Å². The van der Waals surface area contributed by atoms with E-state index in [0.717, 1.165) is 22.0 Å². The second kappa shape index (κ2) is 7.54. The number of hydrogen-bond acceptors (Lipinski definition) is 4. The largest absolute Gasteiger partial charge is 0.311 e. The van der Waals surface area contributed by atoms with E-state index in [-0.39, 0.29) is 35.3 Å². The summed E-state index contributed by atoms with van der Waals surface area (Å²) in [6.45, 7) is 6.15. The van der Waals surface area contributed by atoms with Crippen molar-refractivity contribution in [2.24, 2.45) is 0 Å². The first-order chi connectivity index (χ1) is 14.1. The zero-order valence-electron chi connectivity index (χ0n) is 17.6. The van der Waals surface area contributed by atoms with Crippen LogP contribution < -0.4 is 5.32 Å². The summed E-state index contributed by atoms with van der Waals surface area (Å²) in [6, 6.07) is 15.6. The monoisotopic (exact) mass is 425 g/mol. The molecular weight excluding hydrogens is 398 g/mol. The average molecular weight is 426 g/mol. The smallest absolute Gasteiger partial charge is 0.229 e. The number of rotatable bonds is 4. The molecule has 158 valence electrons. The van der Waals surface area contributed by atoms with Crippen LogP contribution in [0.25, 0.3) is 10.8 Å². The van der Waals surface area contributed by atoms with E-state index in [9.17, 15) is 13.2 Å². The first-order valence-electron chi connectivity index (χ1n) is 10.2. The maximum atomic E-state index is 12.9. The van der Waals surface area contributed by atoms with Crippen molar-refractivity contribution in [3.05, 3.63) is 59.8 Å². The Hall–Kier alpha value is -2.67. The number of benzene rings is 2. The van der Waals surface area contributed by atoms with Gasteiger partial charge >= 0.3 is 0 Å². The number of anilines is 1. The molecule has 0 saturated carbocycles. The lowest BCUT2D eigenvalue weighted by molar-refractivity contribution is -0.115. The van der Waals surface area contributed by atoms with Gasteiger partial charge in [0.15, 0.2) is 9.84 Å². The summed E-state index contributed by atoms with van der Waals surface area (Å²) in [5.41, 5.74) is 1.57. The second-order valence-corrected chi connectivity index (χ2v) is 11.3. The van der Waals surface area contributed by atoms with Gasteiger partial charge in [0.2, 0.25) is 5.91 Å². The van der Waals surface area contributed by atoms with Crippen molar-refractivity contribution in [3.8, 4) is 0 Å². The summed E-state index contributed by atoms with van der Waals surface area (Å²) in [4.78, 5) is 12.9. The van der Waals surface area contributed by atoms with E-state index >= 15 is 0 Å². The summed E-state index contributed by atoms with van der Waals surface area (Å²) < 4.78 is 25.7. The van der Waals surface area contributed by atoms with Gasteiger partial charge in [0.25, 0.3) is 0 Å². The molecule has 0 unspecified atom stereocenters. The summed E-state index contributed by atoms with van der Waals surface area (Å²) >= 11 is 0. The van der Waals surface area contributed by atoms with Gasteiger partial charge in [-0.2, -0.15) is 5.10 Å². The van der Waals surface area contributed by atoms with E-state index in [1.807, 2.05) is 69.3 Å². The molecule has 0 spiro atoms. The highest BCUT2D eigenvalue weighted by atomic mass is 32.2. The fourth-order valence-corrected chi connectivity index (χ4v) is 5.60. The number of nitrogens with one attached hydrogen (secondary N) is 1. The molecule has 1 fully saturated rings. The molecule has 30 heavy (non-hydrogen) atoms. The summed E-state index contributed by atoms with van der Waals surface area (Å²) in [5, 5.41) is 9.82. The summed E-state index contributed by atoms with van der Waals surface area (Å²) in [7, 11) is -3.06. The van der Waals surface area contributed by atoms with Gasteiger partial charge in [0.05, 0.1) is 29.7 Å². The number of hydrogen-bond donors (Lipinski definition) is 1. The van der Waals surface area contributed by atoms with Crippen LogP contribution in [0.4, 0.5) is 5.82 Å². The minimum atomic E-state index is -3.06. The average Bonchev–Trinajstić information content (AvgIpc) is 3.25. The number of carbonyl (C=O) groups is 1. The highest BCUT2D eigenvalue weighted by Crippen LogP contribution is 2.31. The molecule has 1 N–H and O–H groups in total. The molecule has 2 aromatic carbocycles. The van der Waals surface area contributed by atoms with Crippen molar-refractivity contribution in [3.63, 3.8) is 0 Å². The van der Waals surface area contributed by atoms with Crippen molar-refractivity contribution in [1.29, 1.82) is 0 Å². The lowest BCUT2D eigenvalue weighted by Gasteiger charge is -2.15. The number of carbonyl (C=O) groups excluding carboxylic acids is 1. The molecule has 1 aromatic heterocycles. The fraction of sp³-hybridized carbons (Fsp3) is 0.391. The fourth-order valence-electron chi connectivity index (χ4n) is 3.91. The minimum Gasteiger partial charge on any atom is -0.311 e. The van der Waals surface area contributed by atoms with Crippen LogP contribution in [0.3, 0.4) is 0 Å². The summed E-state index contributed by atoms with van der Waals surface area (Å²) in [5.74, 6) is 0.636. The van der Waals surface area contributed by atoms with Crippen LogP contribution in [0.1, 0.15) is 44.5 Å². The van der Waals surface area contributed by atoms with E-state index in [2.05, 4.69) is 10.4 Å². The number of nitrogens with zero attached hydrogens (tertiary/aromatic N) is 2. The Morgan fingerprint density at radius 2 is 1.90 bits per heavy atom. The standard InChI is InChI=1S/C23H27N3O3S/c1-23(2,3)20-14-21(26(25-20)18-11-12-30(28,29)15-18)24-22(27)13-17-9-6-8-16-7-4-5-10-19(16)17/h4-10,14,18H,11-13,15H2,1-3H3,(H,24,27)/t18-/m0/s1. The van der Waals surface area contributed by atoms with Crippen molar-refractivity contribution < 1.29 is 13.2 Å². The van der Waals surface area contributed by atoms with Crippen LogP contribution in [-0.2, 0) is 26.5 Å². The zero-order chi connectivity index (χ0) is 21.5. The van der Waals surface area contributed by atoms with E-state index in [1.54, 1.807) is 4.68 Å². The molecule has 2 heterocycles. The van der Waals surface area contributed by atoms with Gasteiger partial charge in [-0.15, -0.1) is 0 Å². The third-order valence-electron chi connectivity index (χ3n) is 5.56. The van der Waals surface area contributed by atoms with Gasteiger partial charge in [-0.3, -0.25) is 4.79 Å². The molecule has 0 aliphatic carbocycles. The van der Waals surface area contributed by atoms with E-state index in [0.29, 0.717) is 12.2 Å². The maximum absolute atomic E-state index is 12.9. The molecule has 1 saturated heterocycles. The van der Waals surface area contributed by atoms with Crippen molar-refractivity contribution in [1.82, 2.24) is 9.78 Å². The number of fused-ring (bicyclic) bond motifs is 1. The normalized spacial score (nSPS) is 18.6. The Kier molecular flexibility index (Phi) is 5.18. The van der Waals surface area contributed by atoms with Gasteiger partial charge in [0.1, 0.15) is 5.82 Å². The van der Waals surface area contributed by atoms with Crippen molar-refractivity contribution >= 4 is 32.3 Å². The molecule has 1 atom stereocenters. The number of amides is 1. The predicted octanol–water partition coefficient (Wildman–Crippen LogP) is 3.87. The van der Waals surface area contributed by atoms with Crippen LogP contribution in [0.5, 0.6) is 0 Å². The summed E-state index contributed by atoms with van der Waals surface area (Å²) in [6.07, 6.45) is 0.750. The molecule has 0 bridgehead atoms. The molecule has 1 amide bonds. The van der Waals surface area contributed by atoms with E-state index in [1.165, 1.54) is 0 Å². The van der Waals surface area contributed by atoms with Gasteiger partial charge in [-0.05, 0) is 22.8 Å². The second-order valence-electron chi connectivity index (χ2n) is 9.03. The maximum Gasteiger partial charge on any atom is 0.229 e. The van der Waals surface area contributed by atoms with Gasteiger partial charge in [-0.25, -0.2) is 13.1 Å². The van der Waals surface area contributed by atoms with Crippen LogP contribution in [0.15, 0.2) is 48.5 Å². The molecule has 1 aliphatic rings. The third-order valence-corrected chi connectivity index (χ3v) is 7.31. The third kappa shape index (κ3) is 4.26. The molecule has 1 aliphatic heterocycles. The predicted molar refractivity (Wildman–Crippen MR) is 120 cm³/mol. The quantitative estimate of drug-likeness (QED) is 0.688. The molecule has 4 rings (SSSR count). The lowest BCUT2D eigenvalue weighted by atomic mass is 9.92. The lowest BCUT2D eigenvalue weighted by Crippen LogP contribution is -2.21. The van der Waals surface area contributed by atoms with E-state index in [4.69, 9.17) is 0 Å². The molecule has 0 radical (unpaired) electrons. The zero-order valence-corrected chi connectivity index (χ0v) is 18.4.